The van der Waals surface area contributed by atoms with Crippen LogP contribution >= 0.6 is 0 Å². The molecule has 18 heavy (non-hydrogen) atoms. The van der Waals surface area contributed by atoms with Gasteiger partial charge in [0.05, 0.1) is 24.2 Å². The van der Waals surface area contributed by atoms with Gasteiger partial charge in [0, 0.05) is 17.4 Å². The van der Waals surface area contributed by atoms with Gasteiger partial charge in [0.1, 0.15) is 11.5 Å². The summed E-state index contributed by atoms with van der Waals surface area (Å²) in [6, 6.07) is 3.54. The predicted octanol–water partition coefficient (Wildman–Crippen LogP) is 0.822. The van der Waals surface area contributed by atoms with Gasteiger partial charge in [-0.25, -0.2) is 0 Å². The van der Waals surface area contributed by atoms with E-state index in [0.29, 0.717) is 18.9 Å². The maximum Gasteiger partial charge on any atom is 0.233 e. The van der Waals surface area contributed by atoms with Gasteiger partial charge in [-0.15, -0.1) is 0 Å². The van der Waals surface area contributed by atoms with E-state index in [4.69, 9.17) is 9.15 Å². The van der Waals surface area contributed by atoms with Gasteiger partial charge in [-0.2, -0.15) is 0 Å². The maximum absolute atomic E-state index is 12.0. The van der Waals surface area contributed by atoms with E-state index in [1.807, 2.05) is 6.92 Å². The zero-order chi connectivity index (χ0) is 13.0. The molecule has 5 nitrogen and oxygen atoms in total. The topological polar surface area (TPSA) is 68.5 Å². The molecule has 2 heterocycles. The van der Waals surface area contributed by atoms with Gasteiger partial charge in [-0.05, 0) is 25.5 Å². The van der Waals surface area contributed by atoms with Crippen molar-refractivity contribution in [3.8, 4) is 0 Å². The highest BCUT2D eigenvalue weighted by molar-refractivity contribution is 7.86. The number of carbonyl (C=O) groups is 1. The summed E-state index contributed by atoms with van der Waals surface area (Å²) in [5.74, 6) is 0.495. The molecule has 1 amide bonds. The second-order valence-corrected chi connectivity index (χ2v) is 5.94. The first-order valence-electron chi connectivity index (χ1n) is 5.94. The Balaban J connectivity index is 1.75. The van der Waals surface area contributed by atoms with Crippen LogP contribution in [0.25, 0.3) is 0 Å². The number of carbonyl (C=O) groups excluding carboxylic acids is 1. The molecule has 1 aromatic rings. The maximum atomic E-state index is 12.0. The highest BCUT2D eigenvalue weighted by Gasteiger charge is 2.30. The molecule has 3 atom stereocenters. The third kappa shape index (κ3) is 3.43. The average Bonchev–Trinajstić information content (AvgIpc) is 2.97. The highest BCUT2D eigenvalue weighted by atomic mass is 32.2. The molecule has 1 aliphatic heterocycles. The lowest BCUT2D eigenvalue weighted by molar-refractivity contribution is -0.118. The number of hydrogen-bond acceptors (Lipinski definition) is 4. The van der Waals surface area contributed by atoms with Crippen molar-refractivity contribution < 1.29 is 18.2 Å². The summed E-state index contributed by atoms with van der Waals surface area (Å²) in [6.45, 7) is 2.86. The van der Waals surface area contributed by atoms with Crippen LogP contribution in [0.2, 0.25) is 0 Å². The Morgan fingerprint density at radius 3 is 3.06 bits per heavy atom. The van der Waals surface area contributed by atoms with Crippen molar-refractivity contribution in [1.29, 1.82) is 0 Å². The Kier molecular flexibility index (Phi) is 4.54. The number of amides is 1. The molecule has 100 valence electrons. The number of rotatable bonds is 5. The van der Waals surface area contributed by atoms with E-state index in [9.17, 15) is 9.00 Å². The molecule has 0 spiro atoms. The molecule has 1 aromatic heterocycles. The van der Waals surface area contributed by atoms with Crippen molar-refractivity contribution in [1.82, 2.24) is 5.32 Å². The van der Waals surface area contributed by atoms with Crippen LogP contribution in [-0.2, 0) is 26.9 Å². The van der Waals surface area contributed by atoms with Crippen LogP contribution < -0.4 is 5.32 Å². The normalized spacial score (nSPS) is 24.9. The van der Waals surface area contributed by atoms with E-state index in [1.165, 1.54) is 0 Å². The minimum atomic E-state index is -1.17. The molecule has 0 aliphatic carbocycles. The summed E-state index contributed by atoms with van der Waals surface area (Å²) >= 11 is 0. The molecule has 2 rings (SSSR count). The van der Waals surface area contributed by atoms with Crippen molar-refractivity contribution in [3.63, 3.8) is 0 Å². The molecule has 0 radical (unpaired) electrons. The standard InChI is InChI=1S/C12H17NO4S/c1-9-11(4-6-16-9)18(15)8-12(14)13-7-10-3-2-5-17-10/h2-3,5,9,11H,4,6-8H2,1H3,(H,13,14)/t9-,11-,18-/m1/s1. The van der Waals surface area contributed by atoms with Gasteiger partial charge in [-0.3, -0.25) is 9.00 Å². The molecule has 0 unspecified atom stereocenters. The Hall–Kier alpha value is -1.14. The molecule has 1 fully saturated rings. The third-order valence-electron chi connectivity index (χ3n) is 2.96. The molecule has 0 bridgehead atoms. The number of hydrogen-bond donors (Lipinski definition) is 1. The number of furan rings is 1. The predicted molar refractivity (Wildman–Crippen MR) is 67.4 cm³/mol. The third-order valence-corrected chi connectivity index (χ3v) is 4.80. The van der Waals surface area contributed by atoms with E-state index in [-0.39, 0.29) is 23.0 Å². The van der Waals surface area contributed by atoms with Crippen LogP contribution in [0.4, 0.5) is 0 Å². The van der Waals surface area contributed by atoms with Crippen LogP contribution in [-0.4, -0.2) is 33.8 Å². The highest BCUT2D eigenvalue weighted by Crippen LogP contribution is 2.18. The molecule has 1 saturated heterocycles. The van der Waals surface area contributed by atoms with Crippen molar-refractivity contribution in [2.24, 2.45) is 0 Å². The lowest BCUT2D eigenvalue weighted by atomic mass is 10.3. The van der Waals surface area contributed by atoms with E-state index in [2.05, 4.69) is 5.32 Å². The fraction of sp³-hybridized carbons (Fsp3) is 0.583. The van der Waals surface area contributed by atoms with Gasteiger partial charge >= 0.3 is 0 Å². The molecule has 0 aromatic carbocycles. The van der Waals surface area contributed by atoms with Crippen LogP contribution in [0.5, 0.6) is 0 Å². The first-order valence-corrected chi connectivity index (χ1v) is 7.33. The van der Waals surface area contributed by atoms with Crippen molar-refractivity contribution in [3.05, 3.63) is 24.2 Å². The Labute approximate surface area is 108 Å². The van der Waals surface area contributed by atoms with E-state index in [1.54, 1.807) is 18.4 Å². The van der Waals surface area contributed by atoms with Crippen molar-refractivity contribution in [2.75, 3.05) is 12.4 Å². The van der Waals surface area contributed by atoms with E-state index < -0.39 is 10.8 Å². The lowest BCUT2D eigenvalue weighted by Crippen LogP contribution is -2.33. The fourth-order valence-electron chi connectivity index (χ4n) is 1.94. The van der Waals surface area contributed by atoms with E-state index in [0.717, 1.165) is 6.42 Å². The van der Waals surface area contributed by atoms with Gasteiger partial charge in [0.25, 0.3) is 0 Å². The first-order chi connectivity index (χ1) is 8.66. The SMILES string of the molecule is C[C@H]1OCC[C@H]1[S@](=O)CC(=O)NCc1ccco1. The second kappa shape index (κ2) is 6.15. The second-order valence-electron chi connectivity index (χ2n) is 4.28. The zero-order valence-electron chi connectivity index (χ0n) is 10.3. The zero-order valence-corrected chi connectivity index (χ0v) is 11.1. The molecule has 1 aliphatic rings. The van der Waals surface area contributed by atoms with Crippen LogP contribution in [0.15, 0.2) is 22.8 Å². The average molecular weight is 271 g/mol. The number of ether oxygens (including phenoxy) is 1. The summed E-state index contributed by atoms with van der Waals surface area (Å²) in [7, 11) is -1.17. The monoisotopic (exact) mass is 271 g/mol. The summed E-state index contributed by atoms with van der Waals surface area (Å²) in [6.07, 6.45) is 2.29. The van der Waals surface area contributed by atoms with Crippen molar-refractivity contribution >= 4 is 16.7 Å². The minimum Gasteiger partial charge on any atom is -0.467 e. The summed E-state index contributed by atoms with van der Waals surface area (Å²) < 4.78 is 22.4. The van der Waals surface area contributed by atoms with Gasteiger partial charge in [0.15, 0.2) is 0 Å². The summed E-state index contributed by atoms with van der Waals surface area (Å²) in [5, 5.41) is 2.66. The lowest BCUT2D eigenvalue weighted by Gasteiger charge is -2.13. The van der Waals surface area contributed by atoms with Gasteiger partial charge in [0.2, 0.25) is 5.91 Å². The van der Waals surface area contributed by atoms with Crippen LogP contribution in [0, 0.1) is 0 Å². The van der Waals surface area contributed by atoms with E-state index >= 15 is 0 Å². The molecular formula is C12H17NO4S. The molecular weight excluding hydrogens is 254 g/mol. The van der Waals surface area contributed by atoms with Crippen LogP contribution in [0.3, 0.4) is 0 Å². The van der Waals surface area contributed by atoms with Gasteiger partial charge in [-0.1, -0.05) is 0 Å². The van der Waals surface area contributed by atoms with Crippen LogP contribution in [0.1, 0.15) is 19.1 Å². The minimum absolute atomic E-state index is 0.0243. The molecule has 0 saturated carbocycles. The largest absolute Gasteiger partial charge is 0.467 e. The Morgan fingerprint density at radius 2 is 2.44 bits per heavy atom. The number of nitrogens with one attached hydrogen (secondary N) is 1. The quantitative estimate of drug-likeness (QED) is 0.861. The molecule has 1 N–H and O–H groups in total. The summed E-state index contributed by atoms with van der Waals surface area (Å²) in [5.41, 5.74) is 0. The van der Waals surface area contributed by atoms with Gasteiger partial charge < -0.3 is 14.5 Å². The Bertz CT molecular complexity index is 418. The first kappa shape index (κ1) is 13.3. The van der Waals surface area contributed by atoms with Crippen molar-refractivity contribution in [2.45, 2.75) is 31.2 Å². The summed E-state index contributed by atoms with van der Waals surface area (Å²) in [4.78, 5) is 11.6. The smallest absolute Gasteiger partial charge is 0.233 e. The Morgan fingerprint density at radius 1 is 1.61 bits per heavy atom. The fourth-order valence-corrected chi connectivity index (χ4v) is 3.38. The molecule has 6 heteroatoms.